The van der Waals surface area contributed by atoms with Crippen LogP contribution < -0.4 is 4.74 Å². The molecule has 21 heteroatoms. The SMILES string of the molecule is CCCCCCCc1ccc(-c2cnc(-c3ccc4c(n3)C(F)(F)C(C(F)(F)C(F)(F)C(F)(F)C(F)(F)C(F)(F)C(F)(F)C(F)(F)F)O4)nc2)cc1. The molecule has 1 atom stereocenters. The van der Waals surface area contributed by atoms with E-state index >= 15 is 8.78 Å². The zero-order valence-electron chi connectivity index (χ0n) is 26.1. The third-order valence-electron chi connectivity index (χ3n) is 8.17. The van der Waals surface area contributed by atoms with Crippen molar-refractivity contribution in [2.45, 2.75) is 99.2 Å². The van der Waals surface area contributed by atoms with Crippen molar-refractivity contribution in [1.29, 1.82) is 0 Å². The summed E-state index contributed by atoms with van der Waals surface area (Å²) in [7, 11) is 0. The third-order valence-corrected chi connectivity index (χ3v) is 8.17. The van der Waals surface area contributed by atoms with Crippen LogP contribution >= 0.6 is 0 Å². The number of nitrogens with zero attached hydrogens (tertiary/aromatic N) is 3. The van der Waals surface area contributed by atoms with Gasteiger partial charge >= 0.3 is 47.6 Å². The lowest BCUT2D eigenvalue weighted by atomic mass is 9.88. The molecule has 1 aliphatic heterocycles. The van der Waals surface area contributed by atoms with Crippen LogP contribution in [0.4, 0.5) is 74.6 Å². The lowest BCUT2D eigenvalue weighted by molar-refractivity contribution is -0.457. The molecule has 1 aliphatic rings. The average molecular weight is 778 g/mol. The highest BCUT2D eigenvalue weighted by Gasteiger charge is 2.94. The van der Waals surface area contributed by atoms with Crippen LogP contribution in [0.3, 0.4) is 0 Å². The predicted octanol–water partition coefficient (Wildman–Crippen LogP) is 10.9. The largest absolute Gasteiger partial charge is 0.475 e. The standard InChI is InChI=1S/C31H24F17N3O/c1-2-3-4-5-6-7-16-8-10-17(11-9-16)18-14-49-22(50-15-18)19-12-13-20-21(51-19)24(32,33)23(52-20)25(34,35)26(36,37)27(38,39)28(40,41)29(42,43)30(44,45)31(46,47)48/h8-15,23H,2-7H2,1H3. The van der Waals surface area contributed by atoms with Crippen molar-refractivity contribution in [1.82, 2.24) is 15.0 Å². The molecule has 0 aliphatic carbocycles. The van der Waals surface area contributed by atoms with Gasteiger partial charge in [0.1, 0.15) is 11.4 Å². The van der Waals surface area contributed by atoms with Crippen LogP contribution in [0, 0.1) is 0 Å². The first-order valence-electron chi connectivity index (χ1n) is 15.0. The van der Waals surface area contributed by atoms with Crippen molar-refractivity contribution >= 4 is 0 Å². The van der Waals surface area contributed by atoms with E-state index in [0.717, 1.165) is 44.1 Å². The normalized spacial score (nSPS) is 17.2. The summed E-state index contributed by atoms with van der Waals surface area (Å²) < 4.78 is 239. The van der Waals surface area contributed by atoms with Gasteiger partial charge in [-0.15, -0.1) is 0 Å². The smallest absolute Gasteiger partial charge is 0.460 e. The molecule has 0 saturated heterocycles. The molecule has 2 aromatic heterocycles. The molecule has 0 spiro atoms. The van der Waals surface area contributed by atoms with E-state index in [1.54, 1.807) is 12.1 Å². The highest BCUT2D eigenvalue weighted by Crippen LogP contribution is 2.64. The van der Waals surface area contributed by atoms with E-state index in [9.17, 15) is 65.9 Å². The number of rotatable bonds is 14. The third kappa shape index (κ3) is 6.49. The molecule has 0 bridgehead atoms. The number of alkyl halides is 17. The number of aryl methyl sites for hydroxylation is 1. The molecule has 3 heterocycles. The van der Waals surface area contributed by atoms with Crippen molar-refractivity contribution in [2.75, 3.05) is 0 Å². The Morgan fingerprint density at radius 1 is 0.615 bits per heavy atom. The van der Waals surface area contributed by atoms with Crippen molar-refractivity contribution < 1.29 is 79.4 Å². The van der Waals surface area contributed by atoms with Crippen LogP contribution in [0.25, 0.3) is 22.6 Å². The van der Waals surface area contributed by atoms with Crippen LogP contribution in [0.5, 0.6) is 5.75 Å². The molecule has 0 radical (unpaired) electrons. The molecule has 0 amide bonds. The number of pyridine rings is 1. The Labute approximate surface area is 282 Å². The van der Waals surface area contributed by atoms with E-state index in [2.05, 4.69) is 26.6 Å². The second-order valence-corrected chi connectivity index (χ2v) is 11.8. The second-order valence-electron chi connectivity index (χ2n) is 11.8. The lowest BCUT2D eigenvalue weighted by Crippen LogP contribution is -2.74. The summed E-state index contributed by atoms with van der Waals surface area (Å²) in [6, 6.07) is 8.23. The van der Waals surface area contributed by atoms with Gasteiger partial charge in [0.15, 0.2) is 11.5 Å². The van der Waals surface area contributed by atoms with Crippen LogP contribution in [-0.4, -0.2) is 62.8 Å². The van der Waals surface area contributed by atoms with E-state index in [0.29, 0.717) is 23.3 Å². The lowest BCUT2D eigenvalue weighted by Gasteiger charge is -2.42. The van der Waals surface area contributed by atoms with E-state index in [-0.39, 0.29) is 0 Å². The average Bonchev–Trinajstić information content (AvgIpc) is 3.34. The predicted molar refractivity (Wildman–Crippen MR) is 147 cm³/mol. The van der Waals surface area contributed by atoms with Gasteiger partial charge < -0.3 is 4.74 Å². The Balaban J connectivity index is 1.58. The summed E-state index contributed by atoms with van der Waals surface area (Å²) in [4.78, 5) is 11.0. The highest BCUT2D eigenvalue weighted by molar-refractivity contribution is 5.63. The zero-order valence-corrected chi connectivity index (χ0v) is 26.1. The van der Waals surface area contributed by atoms with Gasteiger partial charge in [0.25, 0.3) is 0 Å². The van der Waals surface area contributed by atoms with Gasteiger partial charge in [-0.2, -0.15) is 74.6 Å². The van der Waals surface area contributed by atoms with Crippen molar-refractivity contribution in [2.24, 2.45) is 0 Å². The van der Waals surface area contributed by atoms with Crippen LogP contribution in [0.1, 0.15) is 50.3 Å². The quantitative estimate of drug-likeness (QED) is 0.121. The molecule has 0 N–H and O–H groups in total. The summed E-state index contributed by atoms with van der Waals surface area (Å²) in [5, 5.41) is 0. The summed E-state index contributed by atoms with van der Waals surface area (Å²) in [5.74, 6) is -57.2. The van der Waals surface area contributed by atoms with E-state index in [1.165, 1.54) is 12.4 Å². The number of aromatic nitrogens is 3. The fourth-order valence-corrected chi connectivity index (χ4v) is 5.08. The molecule has 0 saturated carbocycles. The summed E-state index contributed by atoms with van der Waals surface area (Å²) in [6.07, 6.45) is -4.20. The molecule has 1 unspecified atom stereocenters. The molecule has 4 nitrogen and oxygen atoms in total. The van der Waals surface area contributed by atoms with Gasteiger partial charge in [-0.3, -0.25) is 0 Å². The number of hydrogen-bond donors (Lipinski definition) is 0. The highest BCUT2D eigenvalue weighted by atomic mass is 19.4. The zero-order chi connectivity index (χ0) is 39.3. The van der Waals surface area contributed by atoms with Crippen LogP contribution in [0.2, 0.25) is 0 Å². The maximum absolute atomic E-state index is 15.1. The van der Waals surface area contributed by atoms with Crippen molar-refractivity contribution in [3.63, 3.8) is 0 Å². The minimum atomic E-state index is -8.64. The number of ether oxygens (including phenoxy) is 1. The maximum atomic E-state index is 15.1. The summed E-state index contributed by atoms with van der Waals surface area (Å²) >= 11 is 0. The van der Waals surface area contributed by atoms with E-state index in [1.807, 2.05) is 12.1 Å². The minimum absolute atomic E-state index is 0.350. The Morgan fingerprint density at radius 2 is 1.13 bits per heavy atom. The molecular weight excluding hydrogens is 753 g/mol. The molecule has 3 aromatic rings. The van der Waals surface area contributed by atoms with Gasteiger partial charge in [0.2, 0.25) is 6.10 Å². The van der Waals surface area contributed by atoms with Gasteiger partial charge in [-0.25, -0.2) is 15.0 Å². The van der Waals surface area contributed by atoms with Crippen molar-refractivity contribution in [3.05, 3.63) is 60.0 Å². The number of hydrogen-bond acceptors (Lipinski definition) is 4. The Hall–Kier alpha value is -3.94. The van der Waals surface area contributed by atoms with Gasteiger partial charge in [-0.05, 0) is 36.1 Å². The fourth-order valence-electron chi connectivity index (χ4n) is 5.08. The van der Waals surface area contributed by atoms with Crippen LogP contribution in [0.15, 0.2) is 48.8 Å². The fraction of sp³-hybridized carbons (Fsp3) is 0.516. The molecule has 288 valence electrons. The first-order valence-corrected chi connectivity index (χ1v) is 15.0. The second kappa shape index (κ2) is 13.5. The Kier molecular flexibility index (Phi) is 10.6. The molecule has 52 heavy (non-hydrogen) atoms. The molecular formula is C31H24F17N3O. The number of halogens is 17. The number of benzene rings is 1. The summed E-state index contributed by atoms with van der Waals surface area (Å²) in [5.41, 5.74) is -0.646. The van der Waals surface area contributed by atoms with E-state index < -0.39 is 76.7 Å². The van der Waals surface area contributed by atoms with Gasteiger partial charge in [0, 0.05) is 18.0 Å². The maximum Gasteiger partial charge on any atom is 0.460 e. The molecule has 0 fully saturated rings. The van der Waals surface area contributed by atoms with Gasteiger partial charge in [0.05, 0.1) is 0 Å². The molecule has 1 aromatic carbocycles. The Morgan fingerprint density at radius 3 is 1.67 bits per heavy atom. The van der Waals surface area contributed by atoms with Gasteiger partial charge in [-0.1, -0.05) is 56.9 Å². The first-order chi connectivity index (χ1) is 23.7. The monoisotopic (exact) mass is 777 g/mol. The van der Waals surface area contributed by atoms with Crippen LogP contribution in [-0.2, 0) is 12.3 Å². The molecule has 4 rings (SSSR count). The first kappa shape index (κ1) is 40.8. The number of unbranched alkanes of at least 4 members (excludes halogenated alkanes) is 4. The Bertz CT molecular complexity index is 1710. The summed E-state index contributed by atoms with van der Waals surface area (Å²) in [6.45, 7) is 2.09. The van der Waals surface area contributed by atoms with Crippen molar-refractivity contribution in [3.8, 4) is 28.4 Å². The number of fused-ring (bicyclic) bond motifs is 1. The van der Waals surface area contributed by atoms with E-state index in [4.69, 9.17) is 0 Å². The minimum Gasteiger partial charge on any atom is -0.475 e. The topological polar surface area (TPSA) is 47.9 Å².